The summed E-state index contributed by atoms with van der Waals surface area (Å²) in [6, 6.07) is 0. The van der Waals surface area contributed by atoms with Crippen molar-refractivity contribution in [1.82, 2.24) is 0 Å². The molecule has 0 aromatic heterocycles. The second-order valence-corrected chi connectivity index (χ2v) is 4.33. The van der Waals surface area contributed by atoms with E-state index in [-0.39, 0.29) is 0 Å². The molecule has 0 aromatic rings. The number of rotatable bonds is 4. The Balaban J connectivity index is 2.12. The minimum atomic E-state index is 0.963. The molecule has 0 nitrogen and oxygen atoms in total. The summed E-state index contributed by atoms with van der Waals surface area (Å²) in [4.78, 5) is 0. The van der Waals surface area contributed by atoms with Crippen molar-refractivity contribution in [3.63, 3.8) is 0 Å². The monoisotopic (exact) mass is 172 g/mol. The number of hydrogen-bond acceptors (Lipinski definition) is 1. The van der Waals surface area contributed by atoms with Crippen molar-refractivity contribution in [3.05, 3.63) is 0 Å². The molecule has 0 saturated heterocycles. The topological polar surface area (TPSA) is 0 Å². The average Bonchev–Trinajstić information content (AvgIpc) is 2.52. The summed E-state index contributed by atoms with van der Waals surface area (Å²) in [6.07, 6.45) is 8.65. The SMILES string of the molecule is CC(CCCS)C1CCCC1. The van der Waals surface area contributed by atoms with E-state index in [1.165, 1.54) is 38.5 Å². The Hall–Kier alpha value is 0.350. The number of hydrogen-bond donors (Lipinski definition) is 1. The van der Waals surface area contributed by atoms with Crippen LogP contribution in [-0.2, 0) is 0 Å². The fraction of sp³-hybridized carbons (Fsp3) is 1.00. The van der Waals surface area contributed by atoms with Gasteiger partial charge in [0.2, 0.25) is 0 Å². The molecule has 0 N–H and O–H groups in total. The van der Waals surface area contributed by atoms with Crippen LogP contribution in [0.15, 0.2) is 0 Å². The van der Waals surface area contributed by atoms with E-state index >= 15 is 0 Å². The lowest BCUT2D eigenvalue weighted by Crippen LogP contribution is -2.07. The number of thiol groups is 1. The zero-order chi connectivity index (χ0) is 8.10. The molecule has 11 heavy (non-hydrogen) atoms. The van der Waals surface area contributed by atoms with Gasteiger partial charge in [-0.15, -0.1) is 0 Å². The standard InChI is InChI=1S/C10H20S/c1-9(5-4-8-11)10-6-2-3-7-10/h9-11H,2-8H2,1H3. The smallest absolute Gasteiger partial charge is 0.00978 e. The Morgan fingerprint density at radius 1 is 1.36 bits per heavy atom. The third-order valence-electron chi connectivity index (χ3n) is 3.02. The summed E-state index contributed by atoms with van der Waals surface area (Å²) in [5, 5.41) is 0. The van der Waals surface area contributed by atoms with E-state index < -0.39 is 0 Å². The van der Waals surface area contributed by atoms with E-state index in [4.69, 9.17) is 0 Å². The first-order valence-electron chi connectivity index (χ1n) is 4.95. The highest BCUT2D eigenvalue weighted by atomic mass is 32.1. The zero-order valence-electron chi connectivity index (χ0n) is 7.55. The average molecular weight is 172 g/mol. The highest BCUT2D eigenvalue weighted by molar-refractivity contribution is 7.80. The molecule has 0 radical (unpaired) electrons. The quantitative estimate of drug-likeness (QED) is 0.616. The Labute approximate surface area is 76.2 Å². The van der Waals surface area contributed by atoms with Crippen LogP contribution in [0.4, 0.5) is 0 Å². The van der Waals surface area contributed by atoms with Crippen molar-refractivity contribution in [1.29, 1.82) is 0 Å². The van der Waals surface area contributed by atoms with Crippen molar-refractivity contribution < 1.29 is 0 Å². The molecule has 1 saturated carbocycles. The summed E-state index contributed by atoms with van der Waals surface area (Å²) in [5.74, 6) is 3.08. The molecule has 1 atom stereocenters. The van der Waals surface area contributed by atoms with Crippen LogP contribution in [0.2, 0.25) is 0 Å². The largest absolute Gasteiger partial charge is 0.179 e. The molecule has 0 bridgehead atoms. The van der Waals surface area contributed by atoms with Gasteiger partial charge in [-0.25, -0.2) is 0 Å². The van der Waals surface area contributed by atoms with Crippen molar-refractivity contribution >= 4 is 12.6 Å². The molecule has 0 aromatic carbocycles. The fourth-order valence-electron chi connectivity index (χ4n) is 2.18. The fourth-order valence-corrected chi connectivity index (χ4v) is 2.36. The molecule has 0 aliphatic heterocycles. The Morgan fingerprint density at radius 2 is 2.00 bits per heavy atom. The van der Waals surface area contributed by atoms with Crippen LogP contribution in [0.25, 0.3) is 0 Å². The van der Waals surface area contributed by atoms with Crippen molar-refractivity contribution in [2.75, 3.05) is 5.75 Å². The second-order valence-electron chi connectivity index (χ2n) is 3.89. The molecule has 0 amide bonds. The molecule has 1 fully saturated rings. The lowest BCUT2D eigenvalue weighted by Gasteiger charge is -2.17. The van der Waals surface area contributed by atoms with Gasteiger partial charge in [-0.05, 0) is 30.4 Å². The van der Waals surface area contributed by atoms with Gasteiger partial charge >= 0.3 is 0 Å². The van der Waals surface area contributed by atoms with Crippen molar-refractivity contribution in [3.8, 4) is 0 Å². The van der Waals surface area contributed by atoms with Crippen LogP contribution in [0.1, 0.15) is 45.4 Å². The van der Waals surface area contributed by atoms with Crippen LogP contribution < -0.4 is 0 Å². The van der Waals surface area contributed by atoms with Gasteiger partial charge in [0.05, 0.1) is 0 Å². The van der Waals surface area contributed by atoms with Gasteiger partial charge in [-0.2, -0.15) is 12.6 Å². The van der Waals surface area contributed by atoms with Crippen molar-refractivity contribution in [2.24, 2.45) is 11.8 Å². The summed E-state index contributed by atoms with van der Waals surface area (Å²) in [6.45, 7) is 2.42. The molecule has 1 aliphatic carbocycles. The summed E-state index contributed by atoms with van der Waals surface area (Å²) >= 11 is 4.24. The van der Waals surface area contributed by atoms with E-state index in [1.54, 1.807) is 0 Å². The molecule has 1 aliphatic rings. The van der Waals surface area contributed by atoms with Crippen LogP contribution >= 0.6 is 12.6 Å². The third-order valence-corrected chi connectivity index (χ3v) is 3.34. The molecule has 1 heteroatoms. The van der Waals surface area contributed by atoms with Gasteiger partial charge in [0.25, 0.3) is 0 Å². The maximum atomic E-state index is 4.24. The molecule has 1 rings (SSSR count). The highest BCUT2D eigenvalue weighted by Gasteiger charge is 2.20. The lowest BCUT2D eigenvalue weighted by molar-refractivity contribution is 0.344. The first-order chi connectivity index (χ1) is 5.34. The van der Waals surface area contributed by atoms with E-state index in [0.29, 0.717) is 0 Å². The highest BCUT2D eigenvalue weighted by Crippen LogP contribution is 2.33. The van der Waals surface area contributed by atoms with Gasteiger partial charge in [-0.1, -0.05) is 32.6 Å². The molecule has 0 heterocycles. The minimum absolute atomic E-state index is 0.963. The minimum Gasteiger partial charge on any atom is -0.179 e. The van der Waals surface area contributed by atoms with E-state index in [1.807, 2.05) is 0 Å². The third kappa shape index (κ3) is 3.06. The maximum absolute atomic E-state index is 4.24. The van der Waals surface area contributed by atoms with Gasteiger partial charge in [0, 0.05) is 0 Å². The van der Waals surface area contributed by atoms with Gasteiger partial charge in [-0.3, -0.25) is 0 Å². The van der Waals surface area contributed by atoms with Crippen LogP contribution in [0.3, 0.4) is 0 Å². The van der Waals surface area contributed by atoms with Crippen molar-refractivity contribution in [2.45, 2.75) is 45.4 Å². The predicted octanol–water partition coefficient (Wildman–Crippen LogP) is 3.52. The van der Waals surface area contributed by atoms with Gasteiger partial charge < -0.3 is 0 Å². The summed E-state index contributed by atoms with van der Waals surface area (Å²) < 4.78 is 0. The lowest BCUT2D eigenvalue weighted by atomic mass is 9.89. The summed E-state index contributed by atoms with van der Waals surface area (Å²) in [5.41, 5.74) is 0. The van der Waals surface area contributed by atoms with Crippen LogP contribution in [-0.4, -0.2) is 5.75 Å². The van der Waals surface area contributed by atoms with Gasteiger partial charge in [0.15, 0.2) is 0 Å². The Kier molecular flexibility index (Phi) is 4.36. The molecule has 1 unspecified atom stereocenters. The van der Waals surface area contributed by atoms with Crippen LogP contribution in [0, 0.1) is 11.8 Å². The molecular formula is C10H20S. The predicted molar refractivity (Wildman–Crippen MR) is 54.2 cm³/mol. The molecule has 66 valence electrons. The zero-order valence-corrected chi connectivity index (χ0v) is 8.45. The van der Waals surface area contributed by atoms with E-state index in [0.717, 1.165) is 17.6 Å². The maximum Gasteiger partial charge on any atom is -0.00978 e. The Bertz CT molecular complexity index is 95.0. The van der Waals surface area contributed by atoms with Gasteiger partial charge in [0.1, 0.15) is 0 Å². The second kappa shape index (κ2) is 5.08. The first kappa shape index (κ1) is 9.44. The normalized spacial score (nSPS) is 22.4. The summed E-state index contributed by atoms with van der Waals surface area (Å²) in [7, 11) is 0. The van der Waals surface area contributed by atoms with Crippen LogP contribution in [0.5, 0.6) is 0 Å². The first-order valence-corrected chi connectivity index (χ1v) is 5.58. The molecular weight excluding hydrogens is 152 g/mol. The molecule has 0 spiro atoms. The Morgan fingerprint density at radius 3 is 2.55 bits per heavy atom. The van der Waals surface area contributed by atoms with E-state index in [2.05, 4.69) is 19.6 Å². The van der Waals surface area contributed by atoms with E-state index in [9.17, 15) is 0 Å².